The van der Waals surface area contributed by atoms with Gasteiger partial charge in [0.1, 0.15) is 17.4 Å². The van der Waals surface area contributed by atoms with Crippen LogP contribution in [0.15, 0.2) is 40.3 Å². The molecule has 2 aromatic heterocycles. The molecule has 0 atom stereocenters. The summed E-state index contributed by atoms with van der Waals surface area (Å²) in [4.78, 5) is 19.1. The van der Waals surface area contributed by atoms with E-state index < -0.39 is 0 Å². The number of benzene rings is 1. The maximum Gasteiger partial charge on any atom is 0.290 e. The molecule has 0 fully saturated rings. The van der Waals surface area contributed by atoms with Gasteiger partial charge < -0.3 is 14.1 Å². The van der Waals surface area contributed by atoms with Crippen LogP contribution in [0.5, 0.6) is 5.75 Å². The molecule has 0 saturated heterocycles. The molecule has 148 valence electrons. The van der Waals surface area contributed by atoms with Crippen LogP contribution in [0.4, 0.5) is 0 Å². The molecule has 1 amide bonds. The lowest BCUT2D eigenvalue weighted by atomic mass is 10.1. The van der Waals surface area contributed by atoms with Crippen molar-refractivity contribution in [2.45, 2.75) is 53.8 Å². The van der Waals surface area contributed by atoms with E-state index in [0.29, 0.717) is 18.9 Å². The van der Waals surface area contributed by atoms with Gasteiger partial charge in [-0.15, -0.1) is 11.3 Å². The summed E-state index contributed by atoms with van der Waals surface area (Å²) in [6, 6.07) is 7.65. The van der Waals surface area contributed by atoms with Crippen LogP contribution in [0.2, 0.25) is 0 Å². The number of carbonyl (C=O) groups excluding carboxylic acids is 1. The first kappa shape index (κ1) is 20.1. The average Bonchev–Trinajstić information content (AvgIpc) is 3.32. The molecular formula is C22H26N2O3S. The zero-order valence-corrected chi connectivity index (χ0v) is 17.8. The van der Waals surface area contributed by atoms with Crippen LogP contribution in [0.1, 0.15) is 51.8 Å². The van der Waals surface area contributed by atoms with Gasteiger partial charge in [0.15, 0.2) is 5.76 Å². The molecule has 3 rings (SSSR count). The molecule has 0 aliphatic rings. The fourth-order valence-electron chi connectivity index (χ4n) is 2.98. The summed E-state index contributed by atoms with van der Waals surface area (Å²) in [5.41, 5.74) is 4.41. The Kier molecular flexibility index (Phi) is 6.19. The van der Waals surface area contributed by atoms with E-state index in [-0.39, 0.29) is 11.9 Å². The molecule has 0 unspecified atom stereocenters. The van der Waals surface area contributed by atoms with Gasteiger partial charge in [0.05, 0.1) is 18.5 Å². The third-order valence-corrected chi connectivity index (χ3v) is 5.53. The number of hydrogen-bond acceptors (Lipinski definition) is 5. The fourth-order valence-corrected chi connectivity index (χ4v) is 3.68. The quantitative estimate of drug-likeness (QED) is 0.542. The molecule has 1 aromatic carbocycles. The van der Waals surface area contributed by atoms with E-state index in [0.717, 1.165) is 22.0 Å². The minimum Gasteiger partial charge on any atom is -0.486 e. The lowest BCUT2D eigenvalue weighted by Gasteiger charge is -2.24. The lowest BCUT2D eigenvalue weighted by Crippen LogP contribution is -2.36. The van der Waals surface area contributed by atoms with E-state index in [2.05, 4.69) is 37.9 Å². The molecule has 2 heterocycles. The first-order valence-electron chi connectivity index (χ1n) is 9.33. The molecule has 28 heavy (non-hydrogen) atoms. The van der Waals surface area contributed by atoms with Crippen molar-refractivity contribution in [2.24, 2.45) is 0 Å². The molecule has 0 radical (unpaired) electrons. The Morgan fingerprint density at radius 2 is 2.07 bits per heavy atom. The van der Waals surface area contributed by atoms with Gasteiger partial charge in [0.2, 0.25) is 0 Å². The van der Waals surface area contributed by atoms with Crippen molar-refractivity contribution >= 4 is 17.2 Å². The fraction of sp³-hybridized carbons (Fsp3) is 0.364. The Morgan fingerprint density at radius 3 is 2.75 bits per heavy atom. The first-order valence-corrected chi connectivity index (χ1v) is 10.2. The van der Waals surface area contributed by atoms with Gasteiger partial charge in [-0.3, -0.25) is 4.79 Å². The van der Waals surface area contributed by atoms with Gasteiger partial charge >= 0.3 is 0 Å². The summed E-state index contributed by atoms with van der Waals surface area (Å²) in [7, 11) is 0. The highest BCUT2D eigenvalue weighted by atomic mass is 32.1. The number of ether oxygens (including phenoxy) is 1. The van der Waals surface area contributed by atoms with Crippen molar-refractivity contribution in [3.63, 3.8) is 0 Å². The highest BCUT2D eigenvalue weighted by Crippen LogP contribution is 2.25. The SMILES string of the molecule is Cc1cc(C)c(C)c(OCc2nc(CN(C(=O)c3ccco3)C(C)C)cs2)c1. The van der Waals surface area contributed by atoms with Crippen molar-refractivity contribution in [3.05, 3.63) is 69.1 Å². The molecule has 0 bridgehead atoms. The van der Waals surface area contributed by atoms with Crippen LogP contribution in [-0.2, 0) is 13.2 Å². The van der Waals surface area contributed by atoms with Crippen LogP contribution in [0, 0.1) is 20.8 Å². The van der Waals surface area contributed by atoms with Crippen LogP contribution in [0.25, 0.3) is 0 Å². The van der Waals surface area contributed by atoms with Gasteiger partial charge in [0, 0.05) is 11.4 Å². The number of amides is 1. The number of aryl methyl sites for hydroxylation is 2. The Morgan fingerprint density at radius 1 is 1.29 bits per heavy atom. The summed E-state index contributed by atoms with van der Waals surface area (Å²) in [5.74, 6) is 1.11. The van der Waals surface area contributed by atoms with Crippen LogP contribution in [-0.4, -0.2) is 21.8 Å². The molecule has 0 spiro atoms. The van der Waals surface area contributed by atoms with Crippen LogP contribution in [0.3, 0.4) is 0 Å². The maximum atomic E-state index is 12.7. The summed E-state index contributed by atoms with van der Waals surface area (Å²) < 4.78 is 11.3. The third kappa shape index (κ3) is 4.62. The number of hydrogen-bond donors (Lipinski definition) is 0. The second kappa shape index (κ2) is 8.61. The molecule has 6 heteroatoms. The van der Waals surface area contributed by atoms with Gasteiger partial charge in [-0.05, 0) is 69.5 Å². The highest BCUT2D eigenvalue weighted by molar-refractivity contribution is 7.09. The van der Waals surface area contributed by atoms with Crippen LogP contribution >= 0.6 is 11.3 Å². The number of thiazole rings is 1. The van der Waals surface area contributed by atoms with Crippen molar-refractivity contribution in [3.8, 4) is 5.75 Å². The number of aromatic nitrogens is 1. The summed E-state index contributed by atoms with van der Waals surface area (Å²) in [6.07, 6.45) is 1.51. The molecule has 0 aliphatic carbocycles. The Labute approximate surface area is 170 Å². The monoisotopic (exact) mass is 398 g/mol. The van der Waals surface area contributed by atoms with E-state index in [9.17, 15) is 4.79 Å². The zero-order valence-electron chi connectivity index (χ0n) is 17.0. The van der Waals surface area contributed by atoms with Gasteiger partial charge in [0.25, 0.3) is 5.91 Å². The molecule has 5 nitrogen and oxygen atoms in total. The third-order valence-electron chi connectivity index (χ3n) is 4.66. The van der Waals surface area contributed by atoms with E-state index in [1.54, 1.807) is 28.4 Å². The van der Waals surface area contributed by atoms with E-state index in [1.165, 1.54) is 17.4 Å². The predicted octanol–water partition coefficient (Wildman–Crippen LogP) is 5.29. The van der Waals surface area contributed by atoms with E-state index in [4.69, 9.17) is 9.15 Å². The first-order chi connectivity index (χ1) is 13.3. The smallest absolute Gasteiger partial charge is 0.290 e. The Balaban J connectivity index is 1.67. The van der Waals surface area contributed by atoms with Gasteiger partial charge in [-0.2, -0.15) is 0 Å². The van der Waals surface area contributed by atoms with Crippen molar-refractivity contribution < 1.29 is 13.9 Å². The maximum absolute atomic E-state index is 12.7. The normalized spacial score (nSPS) is 11.1. The molecule has 3 aromatic rings. The van der Waals surface area contributed by atoms with Crippen molar-refractivity contribution in [1.29, 1.82) is 0 Å². The largest absolute Gasteiger partial charge is 0.486 e. The average molecular weight is 399 g/mol. The number of nitrogens with zero attached hydrogens (tertiary/aromatic N) is 2. The number of rotatable bonds is 7. The van der Waals surface area contributed by atoms with Gasteiger partial charge in [-0.25, -0.2) is 4.98 Å². The Hall–Kier alpha value is -2.60. The van der Waals surface area contributed by atoms with Gasteiger partial charge in [-0.1, -0.05) is 6.07 Å². The van der Waals surface area contributed by atoms with E-state index >= 15 is 0 Å². The van der Waals surface area contributed by atoms with E-state index in [1.807, 2.05) is 19.2 Å². The minimum absolute atomic E-state index is 0.0388. The molecule has 0 aliphatic heterocycles. The summed E-state index contributed by atoms with van der Waals surface area (Å²) >= 11 is 1.55. The summed E-state index contributed by atoms with van der Waals surface area (Å²) in [6.45, 7) is 11.1. The van der Waals surface area contributed by atoms with Crippen LogP contribution < -0.4 is 4.74 Å². The predicted molar refractivity (Wildman–Crippen MR) is 111 cm³/mol. The molecular weight excluding hydrogens is 372 g/mol. The number of carbonyl (C=O) groups is 1. The topological polar surface area (TPSA) is 55.6 Å². The molecule has 0 N–H and O–H groups in total. The highest BCUT2D eigenvalue weighted by Gasteiger charge is 2.22. The van der Waals surface area contributed by atoms with Crippen molar-refractivity contribution in [1.82, 2.24) is 9.88 Å². The lowest BCUT2D eigenvalue weighted by molar-refractivity contribution is 0.0655. The standard InChI is InChI=1S/C22H26N2O3S/c1-14(2)24(22(25)19-7-6-8-26-19)11-18-13-28-21(23-18)12-27-20-10-15(3)9-16(4)17(20)5/h6-10,13-14H,11-12H2,1-5H3. The minimum atomic E-state index is -0.128. The Bertz CT molecular complexity index is 945. The molecule has 0 saturated carbocycles. The number of furan rings is 1. The summed E-state index contributed by atoms with van der Waals surface area (Å²) in [5, 5.41) is 2.88. The zero-order chi connectivity index (χ0) is 20.3. The second-order valence-electron chi connectivity index (χ2n) is 7.23. The second-order valence-corrected chi connectivity index (χ2v) is 8.17. The van der Waals surface area contributed by atoms with Crippen molar-refractivity contribution in [2.75, 3.05) is 0 Å².